The number of aryl methyl sites for hydroxylation is 1. The fraction of sp³-hybridized carbons (Fsp3) is 0.190. The number of hydrogen-bond acceptors (Lipinski definition) is 5. The van der Waals surface area contributed by atoms with Crippen LogP contribution in [0.15, 0.2) is 60.9 Å². The molecule has 8 nitrogen and oxygen atoms in total. The Morgan fingerprint density at radius 1 is 1.07 bits per heavy atom. The second-order valence-corrected chi connectivity index (χ2v) is 6.27. The quantitative estimate of drug-likeness (QED) is 0.612. The number of rotatable bonds is 8. The number of carbonyl (C=O) groups is 2. The summed E-state index contributed by atoms with van der Waals surface area (Å²) in [5, 5.41) is 9.39. The van der Waals surface area contributed by atoms with Crippen molar-refractivity contribution in [2.45, 2.75) is 6.92 Å². The van der Waals surface area contributed by atoms with E-state index in [-0.39, 0.29) is 19.1 Å². The maximum atomic E-state index is 12.0. The number of nitrogens with zero attached hydrogens (tertiary/aromatic N) is 2. The lowest BCUT2D eigenvalue weighted by atomic mass is 10.2. The topological polar surface area (TPSA) is 94.5 Å². The molecular weight excluding hydrogens is 372 g/mol. The summed E-state index contributed by atoms with van der Waals surface area (Å²) in [7, 11) is 1.54. The molecule has 0 bridgehead atoms. The Bertz CT molecular complexity index is 969. The second-order valence-electron chi connectivity index (χ2n) is 6.27. The molecule has 2 amide bonds. The summed E-state index contributed by atoms with van der Waals surface area (Å²) >= 11 is 0. The van der Waals surface area contributed by atoms with Gasteiger partial charge in [-0.05, 0) is 55.0 Å². The maximum Gasteiger partial charge on any atom is 0.258 e. The van der Waals surface area contributed by atoms with Crippen LogP contribution in [0.25, 0.3) is 5.69 Å². The van der Waals surface area contributed by atoms with E-state index in [1.807, 2.05) is 43.5 Å². The Morgan fingerprint density at radius 3 is 2.55 bits per heavy atom. The van der Waals surface area contributed by atoms with Crippen LogP contribution in [0.5, 0.6) is 11.5 Å². The molecule has 0 aliphatic carbocycles. The van der Waals surface area contributed by atoms with Gasteiger partial charge in [0.15, 0.2) is 18.1 Å². The van der Waals surface area contributed by atoms with Gasteiger partial charge >= 0.3 is 0 Å². The van der Waals surface area contributed by atoms with Crippen molar-refractivity contribution in [2.75, 3.05) is 25.6 Å². The Hall–Kier alpha value is -3.81. The first-order valence-corrected chi connectivity index (χ1v) is 8.99. The van der Waals surface area contributed by atoms with E-state index in [1.54, 1.807) is 29.1 Å². The lowest BCUT2D eigenvalue weighted by Crippen LogP contribution is -2.35. The molecule has 1 aromatic heterocycles. The number of amides is 2. The van der Waals surface area contributed by atoms with E-state index in [0.29, 0.717) is 17.2 Å². The number of benzene rings is 2. The van der Waals surface area contributed by atoms with Gasteiger partial charge in [0, 0.05) is 18.1 Å². The van der Waals surface area contributed by atoms with Crippen molar-refractivity contribution >= 4 is 17.5 Å². The Kier molecular flexibility index (Phi) is 6.47. The first-order chi connectivity index (χ1) is 14.0. The highest BCUT2D eigenvalue weighted by Gasteiger charge is 2.10. The molecule has 0 aliphatic rings. The average Bonchev–Trinajstić information content (AvgIpc) is 3.26. The molecule has 2 aromatic carbocycles. The molecule has 0 saturated carbocycles. The summed E-state index contributed by atoms with van der Waals surface area (Å²) in [5.41, 5.74) is 2.53. The van der Waals surface area contributed by atoms with Crippen molar-refractivity contribution in [1.82, 2.24) is 15.1 Å². The SMILES string of the molecule is COc1cc(C)ccc1OCC(=O)NCC(=O)Nc1ccc(-n2cccn2)cc1. The largest absolute Gasteiger partial charge is 0.493 e. The van der Waals surface area contributed by atoms with Gasteiger partial charge in [0.05, 0.1) is 19.3 Å². The van der Waals surface area contributed by atoms with Crippen LogP contribution in [0.3, 0.4) is 0 Å². The molecule has 150 valence electrons. The number of methoxy groups -OCH3 is 1. The minimum Gasteiger partial charge on any atom is -0.493 e. The first-order valence-electron chi connectivity index (χ1n) is 8.99. The number of anilines is 1. The van der Waals surface area contributed by atoms with Gasteiger partial charge < -0.3 is 20.1 Å². The van der Waals surface area contributed by atoms with Crippen LogP contribution < -0.4 is 20.1 Å². The molecule has 0 aliphatic heterocycles. The highest BCUT2D eigenvalue weighted by molar-refractivity contribution is 5.94. The fourth-order valence-corrected chi connectivity index (χ4v) is 2.59. The minimum absolute atomic E-state index is 0.159. The highest BCUT2D eigenvalue weighted by Crippen LogP contribution is 2.27. The molecule has 2 N–H and O–H groups in total. The summed E-state index contributed by atoms with van der Waals surface area (Å²) in [4.78, 5) is 24.0. The summed E-state index contributed by atoms with van der Waals surface area (Å²) < 4.78 is 12.4. The van der Waals surface area contributed by atoms with Crippen molar-refractivity contribution in [3.8, 4) is 17.2 Å². The second kappa shape index (κ2) is 9.41. The van der Waals surface area contributed by atoms with Gasteiger partial charge in [-0.2, -0.15) is 5.10 Å². The van der Waals surface area contributed by atoms with Crippen LogP contribution in [0.4, 0.5) is 5.69 Å². The van der Waals surface area contributed by atoms with E-state index >= 15 is 0 Å². The summed E-state index contributed by atoms with van der Waals surface area (Å²) in [6, 6.07) is 14.5. The fourth-order valence-electron chi connectivity index (χ4n) is 2.59. The third-order valence-electron chi connectivity index (χ3n) is 4.04. The lowest BCUT2D eigenvalue weighted by Gasteiger charge is -2.11. The van der Waals surface area contributed by atoms with Gasteiger partial charge in [0.25, 0.3) is 5.91 Å². The lowest BCUT2D eigenvalue weighted by molar-refractivity contribution is -0.125. The van der Waals surface area contributed by atoms with Crippen LogP contribution in [-0.2, 0) is 9.59 Å². The molecular formula is C21H22N4O4. The molecule has 0 spiro atoms. The van der Waals surface area contributed by atoms with E-state index < -0.39 is 5.91 Å². The molecule has 29 heavy (non-hydrogen) atoms. The Balaban J connectivity index is 1.44. The van der Waals surface area contributed by atoms with Gasteiger partial charge in [-0.1, -0.05) is 6.07 Å². The van der Waals surface area contributed by atoms with Gasteiger partial charge in [0.1, 0.15) is 0 Å². The van der Waals surface area contributed by atoms with Crippen LogP contribution >= 0.6 is 0 Å². The maximum absolute atomic E-state index is 12.0. The van der Waals surface area contributed by atoms with Crippen molar-refractivity contribution in [1.29, 1.82) is 0 Å². The number of carbonyl (C=O) groups excluding carboxylic acids is 2. The Labute approximate surface area is 168 Å². The van der Waals surface area contributed by atoms with Gasteiger partial charge in [0.2, 0.25) is 5.91 Å². The monoisotopic (exact) mass is 394 g/mol. The van der Waals surface area contributed by atoms with E-state index in [1.165, 1.54) is 7.11 Å². The van der Waals surface area contributed by atoms with Crippen molar-refractivity contribution in [3.63, 3.8) is 0 Å². The molecule has 0 unspecified atom stereocenters. The molecule has 0 saturated heterocycles. The molecule has 0 radical (unpaired) electrons. The Morgan fingerprint density at radius 2 is 1.86 bits per heavy atom. The van der Waals surface area contributed by atoms with E-state index in [4.69, 9.17) is 9.47 Å². The van der Waals surface area contributed by atoms with Crippen LogP contribution in [-0.4, -0.2) is 41.9 Å². The molecule has 1 heterocycles. The molecule has 3 aromatic rings. The molecule has 0 atom stereocenters. The van der Waals surface area contributed by atoms with Gasteiger partial charge in [-0.3, -0.25) is 9.59 Å². The molecule has 8 heteroatoms. The molecule has 3 rings (SSSR count). The number of ether oxygens (including phenoxy) is 2. The van der Waals surface area contributed by atoms with Crippen LogP contribution in [0, 0.1) is 6.92 Å². The van der Waals surface area contributed by atoms with E-state index in [9.17, 15) is 9.59 Å². The summed E-state index contributed by atoms with van der Waals surface area (Å²) in [6.45, 7) is 1.56. The average molecular weight is 394 g/mol. The molecule has 0 fully saturated rings. The predicted molar refractivity (Wildman–Crippen MR) is 108 cm³/mol. The van der Waals surface area contributed by atoms with Crippen molar-refractivity contribution in [3.05, 3.63) is 66.5 Å². The zero-order valence-corrected chi connectivity index (χ0v) is 16.2. The van der Waals surface area contributed by atoms with E-state index in [2.05, 4.69) is 15.7 Å². The standard InChI is InChI=1S/C21H22N4O4/c1-15-4-9-18(19(12-15)28-2)29-14-21(27)22-13-20(26)24-16-5-7-17(8-6-16)25-11-3-10-23-25/h3-12H,13-14H2,1-2H3,(H,22,27)(H,24,26). The number of aromatic nitrogens is 2. The number of hydrogen-bond donors (Lipinski definition) is 2. The predicted octanol–water partition coefficient (Wildman–Crippen LogP) is 2.32. The minimum atomic E-state index is -0.406. The van der Waals surface area contributed by atoms with Crippen LogP contribution in [0.1, 0.15) is 5.56 Å². The van der Waals surface area contributed by atoms with Gasteiger partial charge in [-0.25, -0.2) is 4.68 Å². The smallest absolute Gasteiger partial charge is 0.258 e. The normalized spacial score (nSPS) is 10.3. The first kappa shape index (κ1) is 19.9. The number of nitrogens with one attached hydrogen (secondary N) is 2. The highest BCUT2D eigenvalue weighted by atomic mass is 16.5. The van der Waals surface area contributed by atoms with Crippen molar-refractivity contribution < 1.29 is 19.1 Å². The van der Waals surface area contributed by atoms with Gasteiger partial charge in [-0.15, -0.1) is 0 Å². The summed E-state index contributed by atoms with van der Waals surface area (Å²) in [6.07, 6.45) is 3.52. The van der Waals surface area contributed by atoms with Crippen LogP contribution in [0.2, 0.25) is 0 Å². The summed E-state index contributed by atoms with van der Waals surface area (Å²) in [5.74, 6) is 0.277. The van der Waals surface area contributed by atoms with Crippen molar-refractivity contribution in [2.24, 2.45) is 0 Å². The zero-order valence-electron chi connectivity index (χ0n) is 16.2. The zero-order chi connectivity index (χ0) is 20.6. The van der Waals surface area contributed by atoms with E-state index in [0.717, 1.165) is 11.3 Å². The third kappa shape index (κ3) is 5.58. The third-order valence-corrected chi connectivity index (χ3v) is 4.04.